The summed E-state index contributed by atoms with van der Waals surface area (Å²) in [6.45, 7) is 0. The number of nitrogens with zero attached hydrogens (tertiary/aromatic N) is 2. The molecule has 0 saturated heterocycles. The molecule has 0 spiro atoms. The van der Waals surface area contributed by atoms with Crippen molar-refractivity contribution in [3.8, 4) is 5.75 Å². The number of methoxy groups -OCH3 is 1. The number of halogens is 1. The van der Waals surface area contributed by atoms with Crippen LogP contribution in [0.1, 0.15) is 10.5 Å². The normalized spacial score (nSPS) is 11.6. The molecular weight excluding hydrogens is 400 g/mol. The number of hydrogen-bond donors (Lipinski definition) is 1. The van der Waals surface area contributed by atoms with Gasteiger partial charge in [0.2, 0.25) is 0 Å². The molecule has 2 heterocycles. The Hall–Kier alpha value is -2.39. The fourth-order valence-electron chi connectivity index (χ4n) is 2.24. The SMILES string of the molecule is COC(=O)c1ncc2c(ccn2S(=O)(=O)c2ccc(Br)cc2)c1O. The van der Waals surface area contributed by atoms with Gasteiger partial charge in [0.25, 0.3) is 10.0 Å². The van der Waals surface area contributed by atoms with Gasteiger partial charge in [0.15, 0.2) is 11.4 Å². The highest BCUT2D eigenvalue weighted by Crippen LogP contribution is 2.30. The number of pyridine rings is 1. The Morgan fingerprint density at radius 2 is 1.92 bits per heavy atom. The molecule has 9 heteroatoms. The average Bonchev–Trinajstić information content (AvgIpc) is 3.00. The van der Waals surface area contributed by atoms with E-state index in [2.05, 4.69) is 25.7 Å². The van der Waals surface area contributed by atoms with Gasteiger partial charge in [-0.25, -0.2) is 22.2 Å². The maximum atomic E-state index is 12.8. The lowest BCUT2D eigenvalue weighted by Gasteiger charge is -2.08. The number of fused-ring (bicyclic) bond motifs is 1. The van der Waals surface area contributed by atoms with Crippen LogP contribution in [-0.2, 0) is 14.8 Å². The Labute approximate surface area is 145 Å². The molecule has 0 radical (unpaired) electrons. The predicted molar refractivity (Wildman–Crippen MR) is 89.5 cm³/mol. The number of aromatic nitrogens is 2. The van der Waals surface area contributed by atoms with Crippen molar-refractivity contribution in [2.24, 2.45) is 0 Å². The van der Waals surface area contributed by atoms with Crippen LogP contribution >= 0.6 is 15.9 Å². The number of aromatic hydroxyl groups is 1. The molecule has 2 aromatic heterocycles. The van der Waals surface area contributed by atoms with Crippen LogP contribution in [0.5, 0.6) is 5.75 Å². The highest BCUT2D eigenvalue weighted by Gasteiger charge is 2.23. The van der Waals surface area contributed by atoms with Gasteiger partial charge in [0, 0.05) is 16.1 Å². The van der Waals surface area contributed by atoms with E-state index in [0.717, 1.165) is 15.6 Å². The summed E-state index contributed by atoms with van der Waals surface area (Å²) in [6, 6.07) is 7.55. The number of ether oxygens (including phenoxy) is 1. The van der Waals surface area contributed by atoms with E-state index in [1.807, 2.05) is 0 Å². The first-order valence-electron chi connectivity index (χ1n) is 6.64. The number of esters is 1. The van der Waals surface area contributed by atoms with Crippen LogP contribution in [0.2, 0.25) is 0 Å². The van der Waals surface area contributed by atoms with Crippen molar-refractivity contribution >= 4 is 42.8 Å². The van der Waals surface area contributed by atoms with Gasteiger partial charge in [0.1, 0.15) is 0 Å². The van der Waals surface area contributed by atoms with Crippen LogP contribution in [0, 0.1) is 0 Å². The van der Waals surface area contributed by atoms with Crippen LogP contribution in [0.3, 0.4) is 0 Å². The van der Waals surface area contributed by atoms with Crippen molar-refractivity contribution in [3.05, 3.63) is 52.9 Å². The third-order valence-electron chi connectivity index (χ3n) is 3.43. The summed E-state index contributed by atoms with van der Waals surface area (Å²) in [6.07, 6.45) is 2.50. The largest absolute Gasteiger partial charge is 0.505 e. The van der Waals surface area contributed by atoms with E-state index in [1.54, 1.807) is 12.1 Å². The molecule has 7 nitrogen and oxygen atoms in total. The Kier molecular flexibility index (Phi) is 4.06. The molecule has 0 unspecified atom stereocenters. The van der Waals surface area contributed by atoms with Gasteiger partial charge in [-0.05, 0) is 30.3 Å². The summed E-state index contributed by atoms with van der Waals surface area (Å²) in [4.78, 5) is 15.5. The lowest BCUT2D eigenvalue weighted by molar-refractivity contribution is 0.0591. The highest BCUT2D eigenvalue weighted by atomic mass is 79.9. The molecule has 124 valence electrons. The second kappa shape index (κ2) is 5.91. The third kappa shape index (κ3) is 2.55. The number of benzene rings is 1. The smallest absolute Gasteiger partial charge is 0.360 e. The molecular formula is C15H11BrN2O5S. The molecule has 1 N–H and O–H groups in total. The fourth-order valence-corrected chi connectivity index (χ4v) is 3.84. The van der Waals surface area contributed by atoms with E-state index in [4.69, 9.17) is 0 Å². The number of rotatable bonds is 3. The molecule has 0 bridgehead atoms. The maximum absolute atomic E-state index is 12.8. The minimum Gasteiger partial charge on any atom is -0.505 e. The third-order valence-corrected chi connectivity index (χ3v) is 5.67. The van der Waals surface area contributed by atoms with Gasteiger partial charge in [-0.3, -0.25) is 0 Å². The van der Waals surface area contributed by atoms with Crippen LogP contribution in [0.15, 0.2) is 52.1 Å². The minimum absolute atomic E-state index is 0.0831. The van der Waals surface area contributed by atoms with Crippen molar-refractivity contribution in [1.29, 1.82) is 0 Å². The quantitative estimate of drug-likeness (QED) is 0.666. The molecule has 24 heavy (non-hydrogen) atoms. The van der Waals surface area contributed by atoms with Crippen molar-refractivity contribution in [2.45, 2.75) is 4.90 Å². The van der Waals surface area contributed by atoms with E-state index < -0.39 is 21.7 Å². The van der Waals surface area contributed by atoms with E-state index in [1.165, 1.54) is 30.6 Å². The standard InChI is InChI=1S/C15H11BrN2O5S/c1-23-15(20)13-14(19)11-6-7-18(12(11)8-17-13)24(21,22)10-4-2-9(16)3-5-10/h2-8,19H,1H3. The zero-order chi connectivity index (χ0) is 17.5. The summed E-state index contributed by atoms with van der Waals surface area (Å²) >= 11 is 3.25. The number of carbonyl (C=O) groups is 1. The van der Waals surface area contributed by atoms with Crippen LogP contribution < -0.4 is 0 Å². The monoisotopic (exact) mass is 410 g/mol. The van der Waals surface area contributed by atoms with Crippen molar-refractivity contribution in [1.82, 2.24) is 8.96 Å². The molecule has 3 aromatic rings. The van der Waals surface area contributed by atoms with Gasteiger partial charge >= 0.3 is 5.97 Å². The summed E-state index contributed by atoms with van der Waals surface area (Å²) in [5.41, 5.74) is -0.119. The molecule has 0 aliphatic rings. The highest BCUT2D eigenvalue weighted by molar-refractivity contribution is 9.10. The van der Waals surface area contributed by atoms with E-state index >= 15 is 0 Å². The number of hydrogen-bond acceptors (Lipinski definition) is 6. The van der Waals surface area contributed by atoms with Gasteiger partial charge in [-0.1, -0.05) is 15.9 Å². The van der Waals surface area contributed by atoms with Gasteiger partial charge in [0.05, 0.1) is 23.7 Å². The lowest BCUT2D eigenvalue weighted by atomic mass is 10.2. The first-order chi connectivity index (χ1) is 11.4. The summed E-state index contributed by atoms with van der Waals surface area (Å²) in [5.74, 6) is -1.23. The second-order valence-electron chi connectivity index (χ2n) is 4.82. The van der Waals surface area contributed by atoms with Crippen LogP contribution in [0.4, 0.5) is 0 Å². The second-order valence-corrected chi connectivity index (χ2v) is 7.55. The van der Waals surface area contributed by atoms with Crippen LogP contribution in [0.25, 0.3) is 10.9 Å². The van der Waals surface area contributed by atoms with E-state index in [-0.39, 0.29) is 21.5 Å². The van der Waals surface area contributed by atoms with Crippen molar-refractivity contribution < 1.29 is 23.1 Å². The van der Waals surface area contributed by atoms with E-state index in [0.29, 0.717) is 0 Å². The molecule has 3 rings (SSSR count). The minimum atomic E-state index is -3.87. The average molecular weight is 411 g/mol. The maximum Gasteiger partial charge on any atom is 0.360 e. The van der Waals surface area contributed by atoms with Crippen molar-refractivity contribution in [2.75, 3.05) is 7.11 Å². The van der Waals surface area contributed by atoms with Crippen molar-refractivity contribution in [3.63, 3.8) is 0 Å². The molecule has 0 amide bonds. The van der Waals surface area contributed by atoms with Gasteiger partial charge in [-0.15, -0.1) is 0 Å². The summed E-state index contributed by atoms with van der Waals surface area (Å²) in [5, 5.41) is 10.3. The Morgan fingerprint density at radius 3 is 2.54 bits per heavy atom. The Morgan fingerprint density at radius 1 is 1.25 bits per heavy atom. The molecule has 0 aliphatic heterocycles. The van der Waals surface area contributed by atoms with Crippen LogP contribution in [-0.4, -0.2) is 35.6 Å². The summed E-state index contributed by atoms with van der Waals surface area (Å²) < 4.78 is 31.8. The summed E-state index contributed by atoms with van der Waals surface area (Å²) in [7, 11) is -2.70. The van der Waals surface area contributed by atoms with Gasteiger partial charge in [-0.2, -0.15) is 0 Å². The van der Waals surface area contributed by atoms with Gasteiger partial charge < -0.3 is 9.84 Å². The zero-order valence-electron chi connectivity index (χ0n) is 12.3. The molecule has 0 atom stereocenters. The topological polar surface area (TPSA) is 98.5 Å². The van der Waals surface area contributed by atoms with E-state index in [9.17, 15) is 18.3 Å². The molecule has 0 fully saturated rings. The molecule has 1 aromatic carbocycles. The molecule has 0 saturated carbocycles. The zero-order valence-corrected chi connectivity index (χ0v) is 14.7. The first-order valence-corrected chi connectivity index (χ1v) is 8.88. The first kappa shape index (κ1) is 16.5. The fraction of sp³-hybridized carbons (Fsp3) is 0.0667. The Bertz CT molecular complexity index is 1040. The lowest BCUT2D eigenvalue weighted by Crippen LogP contribution is -2.12. The Balaban J connectivity index is 2.19. The number of carbonyl (C=O) groups excluding carboxylic acids is 1. The molecule has 0 aliphatic carbocycles. The predicted octanol–water partition coefficient (Wildman–Crippen LogP) is 2.53.